The average Bonchev–Trinajstić information content (AvgIpc) is 2.59. The number of rotatable bonds is 7. The van der Waals surface area contributed by atoms with Crippen molar-refractivity contribution in [3.63, 3.8) is 0 Å². The van der Waals surface area contributed by atoms with Gasteiger partial charge in [0.25, 0.3) is 0 Å². The number of hydrogen-bond donors (Lipinski definition) is 2. The molecule has 0 atom stereocenters. The van der Waals surface area contributed by atoms with Crippen LogP contribution in [0.5, 0.6) is 0 Å². The van der Waals surface area contributed by atoms with E-state index in [4.69, 9.17) is 5.26 Å². The van der Waals surface area contributed by atoms with Crippen LogP contribution in [0.2, 0.25) is 0 Å². The Morgan fingerprint density at radius 2 is 1.91 bits per heavy atom. The number of carbonyl (C=O) groups is 1. The highest BCUT2D eigenvalue weighted by Crippen LogP contribution is 2.12. The molecule has 4 nitrogen and oxygen atoms in total. The SMILES string of the molecule is CCCCc1ccc(NC(=O)CNc2cccc(C#N)c2)cc1. The van der Waals surface area contributed by atoms with Crippen LogP contribution in [-0.4, -0.2) is 12.5 Å². The van der Waals surface area contributed by atoms with Gasteiger partial charge in [-0.2, -0.15) is 5.26 Å². The molecule has 0 aliphatic carbocycles. The van der Waals surface area contributed by atoms with E-state index in [0.717, 1.165) is 17.8 Å². The first-order valence-electron chi connectivity index (χ1n) is 7.84. The van der Waals surface area contributed by atoms with Crippen molar-refractivity contribution in [2.24, 2.45) is 0 Å². The molecule has 0 aliphatic rings. The van der Waals surface area contributed by atoms with Crippen molar-refractivity contribution in [2.45, 2.75) is 26.2 Å². The lowest BCUT2D eigenvalue weighted by atomic mass is 10.1. The Kier molecular flexibility index (Phi) is 6.19. The molecular formula is C19H21N3O. The molecule has 0 aliphatic heterocycles. The number of amides is 1. The predicted molar refractivity (Wildman–Crippen MR) is 93.3 cm³/mol. The fraction of sp³-hybridized carbons (Fsp3) is 0.263. The summed E-state index contributed by atoms with van der Waals surface area (Å²) in [5.41, 5.74) is 3.41. The molecule has 0 unspecified atom stereocenters. The van der Waals surface area contributed by atoms with Crippen LogP contribution in [-0.2, 0) is 11.2 Å². The van der Waals surface area contributed by atoms with E-state index in [2.05, 4.69) is 35.8 Å². The highest BCUT2D eigenvalue weighted by atomic mass is 16.1. The normalized spacial score (nSPS) is 9.91. The Balaban J connectivity index is 1.83. The summed E-state index contributed by atoms with van der Waals surface area (Å²) in [5.74, 6) is -0.117. The molecule has 0 bridgehead atoms. The average molecular weight is 307 g/mol. The van der Waals surface area contributed by atoms with Gasteiger partial charge in [0.2, 0.25) is 5.91 Å². The summed E-state index contributed by atoms with van der Waals surface area (Å²) in [6.07, 6.45) is 3.43. The third kappa shape index (κ3) is 5.48. The van der Waals surface area contributed by atoms with Gasteiger partial charge in [0.1, 0.15) is 0 Å². The monoisotopic (exact) mass is 307 g/mol. The Bertz CT molecular complexity index is 687. The summed E-state index contributed by atoms with van der Waals surface area (Å²) in [6, 6.07) is 17.1. The van der Waals surface area contributed by atoms with Crippen LogP contribution < -0.4 is 10.6 Å². The summed E-state index contributed by atoms with van der Waals surface area (Å²) in [6.45, 7) is 2.33. The van der Waals surface area contributed by atoms with Crippen LogP contribution in [0, 0.1) is 11.3 Å². The number of nitrogens with one attached hydrogen (secondary N) is 2. The summed E-state index contributed by atoms with van der Waals surface area (Å²) in [5, 5.41) is 14.7. The van der Waals surface area contributed by atoms with Gasteiger partial charge >= 0.3 is 0 Å². The van der Waals surface area contributed by atoms with Gasteiger partial charge in [0.15, 0.2) is 0 Å². The van der Waals surface area contributed by atoms with Crippen molar-refractivity contribution in [1.29, 1.82) is 5.26 Å². The second-order valence-electron chi connectivity index (χ2n) is 5.39. The van der Waals surface area contributed by atoms with Crippen molar-refractivity contribution >= 4 is 17.3 Å². The molecule has 0 saturated heterocycles. The molecule has 0 saturated carbocycles. The first-order chi connectivity index (χ1) is 11.2. The Morgan fingerprint density at radius 3 is 2.61 bits per heavy atom. The number of nitriles is 1. The maximum atomic E-state index is 12.0. The second-order valence-corrected chi connectivity index (χ2v) is 5.39. The number of aryl methyl sites for hydroxylation is 1. The molecule has 2 rings (SSSR count). The van der Waals surface area contributed by atoms with Crippen molar-refractivity contribution in [1.82, 2.24) is 0 Å². The van der Waals surface area contributed by atoms with E-state index in [0.29, 0.717) is 5.56 Å². The highest BCUT2D eigenvalue weighted by molar-refractivity contribution is 5.93. The molecule has 4 heteroatoms. The van der Waals surface area contributed by atoms with Crippen LogP contribution in [0.4, 0.5) is 11.4 Å². The highest BCUT2D eigenvalue weighted by Gasteiger charge is 2.03. The van der Waals surface area contributed by atoms with Gasteiger partial charge in [-0.15, -0.1) is 0 Å². The van der Waals surface area contributed by atoms with E-state index >= 15 is 0 Å². The lowest BCUT2D eigenvalue weighted by Gasteiger charge is -2.09. The Labute approximate surface area is 137 Å². The topological polar surface area (TPSA) is 64.9 Å². The first kappa shape index (κ1) is 16.6. The number of benzene rings is 2. The summed E-state index contributed by atoms with van der Waals surface area (Å²) in [7, 11) is 0. The smallest absolute Gasteiger partial charge is 0.243 e. The largest absolute Gasteiger partial charge is 0.376 e. The molecule has 118 valence electrons. The second kappa shape index (κ2) is 8.60. The maximum absolute atomic E-state index is 12.0. The maximum Gasteiger partial charge on any atom is 0.243 e. The quantitative estimate of drug-likeness (QED) is 0.814. The van der Waals surface area contributed by atoms with Gasteiger partial charge in [-0.05, 0) is 48.7 Å². The molecule has 2 aromatic carbocycles. The molecule has 1 amide bonds. The zero-order valence-corrected chi connectivity index (χ0v) is 13.3. The summed E-state index contributed by atoms with van der Waals surface area (Å²) in [4.78, 5) is 12.0. The molecule has 0 fully saturated rings. The molecule has 0 spiro atoms. The van der Waals surface area contributed by atoms with Crippen LogP contribution in [0.1, 0.15) is 30.9 Å². The van der Waals surface area contributed by atoms with Crippen LogP contribution in [0.3, 0.4) is 0 Å². The van der Waals surface area contributed by atoms with Crippen molar-refractivity contribution in [3.05, 3.63) is 59.7 Å². The van der Waals surface area contributed by atoms with Gasteiger partial charge in [-0.3, -0.25) is 4.79 Å². The minimum absolute atomic E-state index is 0.117. The molecule has 0 heterocycles. The van der Waals surface area contributed by atoms with Gasteiger partial charge in [0.05, 0.1) is 18.2 Å². The minimum Gasteiger partial charge on any atom is -0.376 e. The van der Waals surface area contributed by atoms with E-state index in [1.54, 1.807) is 18.2 Å². The lowest BCUT2D eigenvalue weighted by molar-refractivity contribution is -0.114. The molecule has 23 heavy (non-hydrogen) atoms. The van der Waals surface area contributed by atoms with E-state index < -0.39 is 0 Å². The van der Waals surface area contributed by atoms with Gasteiger partial charge in [0, 0.05) is 11.4 Å². The summed E-state index contributed by atoms with van der Waals surface area (Å²) < 4.78 is 0. The van der Waals surface area contributed by atoms with Crippen LogP contribution >= 0.6 is 0 Å². The third-order valence-corrected chi connectivity index (χ3v) is 3.50. The molecular weight excluding hydrogens is 286 g/mol. The van der Waals surface area contributed by atoms with Crippen molar-refractivity contribution in [3.8, 4) is 6.07 Å². The molecule has 0 radical (unpaired) electrons. The zero-order valence-electron chi connectivity index (χ0n) is 13.3. The fourth-order valence-electron chi connectivity index (χ4n) is 2.22. The molecule has 2 N–H and O–H groups in total. The van der Waals surface area contributed by atoms with Crippen molar-refractivity contribution < 1.29 is 4.79 Å². The van der Waals surface area contributed by atoms with E-state index in [-0.39, 0.29) is 12.5 Å². The molecule has 0 aromatic heterocycles. The zero-order chi connectivity index (χ0) is 16.5. The van der Waals surface area contributed by atoms with Crippen LogP contribution in [0.15, 0.2) is 48.5 Å². The number of hydrogen-bond acceptors (Lipinski definition) is 3. The first-order valence-corrected chi connectivity index (χ1v) is 7.84. The van der Waals surface area contributed by atoms with Gasteiger partial charge in [-0.1, -0.05) is 31.5 Å². The number of unbranched alkanes of at least 4 members (excludes halogenated alkanes) is 1. The third-order valence-electron chi connectivity index (χ3n) is 3.50. The number of anilines is 2. The molecule has 2 aromatic rings. The standard InChI is InChI=1S/C19H21N3O/c1-2-3-5-15-8-10-17(11-9-15)22-19(23)14-21-18-7-4-6-16(12-18)13-20/h4,6-12,21H,2-3,5,14H2,1H3,(H,22,23). The predicted octanol–water partition coefficient (Wildman–Crippen LogP) is 3.95. The van der Waals surface area contributed by atoms with E-state index in [1.165, 1.54) is 18.4 Å². The fourth-order valence-corrected chi connectivity index (χ4v) is 2.22. The number of carbonyl (C=O) groups excluding carboxylic acids is 1. The number of nitrogens with zero attached hydrogens (tertiary/aromatic N) is 1. The van der Waals surface area contributed by atoms with Crippen molar-refractivity contribution in [2.75, 3.05) is 17.2 Å². The van der Waals surface area contributed by atoms with E-state index in [9.17, 15) is 4.79 Å². The van der Waals surface area contributed by atoms with Crippen LogP contribution in [0.25, 0.3) is 0 Å². The summed E-state index contributed by atoms with van der Waals surface area (Å²) >= 11 is 0. The van der Waals surface area contributed by atoms with Gasteiger partial charge in [-0.25, -0.2) is 0 Å². The Hall–Kier alpha value is -2.80. The Morgan fingerprint density at radius 1 is 1.13 bits per heavy atom. The van der Waals surface area contributed by atoms with E-state index in [1.807, 2.05) is 18.2 Å². The lowest BCUT2D eigenvalue weighted by Crippen LogP contribution is -2.21. The van der Waals surface area contributed by atoms with Gasteiger partial charge < -0.3 is 10.6 Å². The minimum atomic E-state index is -0.117.